The second-order valence-electron chi connectivity index (χ2n) is 4.38. The molecule has 1 N–H and O–H groups in total. The van der Waals surface area contributed by atoms with Crippen molar-refractivity contribution in [1.82, 2.24) is 14.6 Å². The van der Waals surface area contributed by atoms with E-state index >= 15 is 0 Å². The minimum atomic E-state index is -1.10. The number of rotatable bonds is 2. The Morgan fingerprint density at radius 1 is 1.30 bits per heavy atom. The fourth-order valence-corrected chi connectivity index (χ4v) is 2.20. The largest absolute Gasteiger partial charge is 0.478 e. The number of aryl methyl sites for hydroxylation is 1. The van der Waals surface area contributed by atoms with Crippen LogP contribution in [0.4, 0.5) is 4.39 Å². The van der Waals surface area contributed by atoms with Gasteiger partial charge in [0.25, 0.3) is 0 Å². The maximum Gasteiger partial charge on any atom is 0.340 e. The number of benzene rings is 1. The number of pyridine rings is 1. The van der Waals surface area contributed by atoms with E-state index in [1.54, 1.807) is 25.1 Å². The monoisotopic (exact) mass is 271 g/mol. The van der Waals surface area contributed by atoms with Crippen molar-refractivity contribution in [2.24, 2.45) is 0 Å². The first-order valence-corrected chi connectivity index (χ1v) is 5.90. The standard InChI is InChI=1S/C14H10FN3O2/c1-8-6-11(9-2-4-10(15)5-3-9)12(14(19)20)13-16-7-17-18(8)13/h2-7H,1H3,(H,19,20). The lowest BCUT2D eigenvalue weighted by molar-refractivity contribution is 0.0699. The van der Waals surface area contributed by atoms with Gasteiger partial charge in [0.1, 0.15) is 17.7 Å². The van der Waals surface area contributed by atoms with Crippen LogP contribution in [0.25, 0.3) is 16.8 Å². The number of carboxylic acid groups (broad SMARTS) is 1. The number of halogens is 1. The fraction of sp³-hybridized carbons (Fsp3) is 0.0714. The van der Waals surface area contributed by atoms with Gasteiger partial charge in [-0.05, 0) is 30.7 Å². The highest BCUT2D eigenvalue weighted by atomic mass is 19.1. The Labute approximate surface area is 113 Å². The van der Waals surface area contributed by atoms with E-state index in [9.17, 15) is 14.3 Å². The molecule has 0 saturated carbocycles. The molecule has 3 rings (SSSR count). The van der Waals surface area contributed by atoms with Gasteiger partial charge >= 0.3 is 5.97 Å². The van der Waals surface area contributed by atoms with Crippen LogP contribution in [-0.2, 0) is 0 Å². The summed E-state index contributed by atoms with van der Waals surface area (Å²) in [7, 11) is 0. The molecule has 0 amide bonds. The summed E-state index contributed by atoms with van der Waals surface area (Å²) in [4.78, 5) is 15.5. The van der Waals surface area contributed by atoms with Crippen molar-refractivity contribution in [3.05, 3.63) is 53.7 Å². The van der Waals surface area contributed by atoms with Crippen molar-refractivity contribution in [3.8, 4) is 11.1 Å². The van der Waals surface area contributed by atoms with Crippen LogP contribution in [0.1, 0.15) is 16.1 Å². The predicted molar refractivity (Wildman–Crippen MR) is 70.1 cm³/mol. The number of carbonyl (C=O) groups is 1. The summed E-state index contributed by atoms with van der Waals surface area (Å²) < 4.78 is 14.5. The molecule has 0 spiro atoms. The first kappa shape index (κ1) is 12.3. The smallest absolute Gasteiger partial charge is 0.340 e. The van der Waals surface area contributed by atoms with Crippen molar-refractivity contribution < 1.29 is 14.3 Å². The Hall–Kier alpha value is -2.76. The summed E-state index contributed by atoms with van der Waals surface area (Å²) in [5.41, 5.74) is 2.20. The molecule has 0 atom stereocenters. The van der Waals surface area contributed by atoms with Crippen molar-refractivity contribution in [2.45, 2.75) is 6.92 Å². The molecule has 3 aromatic rings. The molecule has 0 bridgehead atoms. The van der Waals surface area contributed by atoms with E-state index in [1.165, 1.54) is 23.0 Å². The summed E-state index contributed by atoms with van der Waals surface area (Å²) in [6.07, 6.45) is 1.31. The number of aromatic carboxylic acids is 1. The van der Waals surface area contributed by atoms with Gasteiger partial charge < -0.3 is 5.11 Å². The van der Waals surface area contributed by atoms with Crippen LogP contribution in [0.15, 0.2) is 36.7 Å². The number of nitrogens with zero attached hydrogens (tertiary/aromatic N) is 3. The summed E-state index contributed by atoms with van der Waals surface area (Å²) in [5.74, 6) is -1.46. The maximum absolute atomic E-state index is 13.0. The molecule has 0 aliphatic rings. The van der Waals surface area contributed by atoms with Crippen LogP contribution in [0.5, 0.6) is 0 Å². The molecular weight excluding hydrogens is 261 g/mol. The van der Waals surface area contributed by atoms with E-state index in [0.717, 1.165) is 5.69 Å². The summed E-state index contributed by atoms with van der Waals surface area (Å²) in [5, 5.41) is 13.4. The van der Waals surface area contributed by atoms with Gasteiger partial charge in [0, 0.05) is 11.3 Å². The molecule has 0 saturated heterocycles. The molecule has 1 aromatic carbocycles. The third-order valence-electron chi connectivity index (χ3n) is 3.10. The average Bonchev–Trinajstić information content (AvgIpc) is 2.88. The molecule has 2 aromatic heterocycles. The quantitative estimate of drug-likeness (QED) is 0.777. The van der Waals surface area contributed by atoms with Gasteiger partial charge in [0.15, 0.2) is 5.65 Å². The zero-order valence-corrected chi connectivity index (χ0v) is 10.5. The number of carboxylic acids is 1. The van der Waals surface area contributed by atoms with Crippen molar-refractivity contribution in [2.75, 3.05) is 0 Å². The van der Waals surface area contributed by atoms with Crippen molar-refractivity contribution >= 4 is 11.6 Å². The van der Waals surface area contributed by atoms with Crippen LogP contribution >= 0.6 is 0 Å². The van der Waals surface area contributed by atoms with Crippen LogP contribution in [0, 0.1) is 12.7 Å². The number of aromatic nitrogens is 3. The van der Waals surface area contributed by atoms with Gasteiger partial charge in [-0.1, -0.05) is 12.1 Å². The van der Waals surface area contributed by atoms with Gasteiger partial charge in [0.2, 0.25) is 0 Å². The van der Waals surface area contributed by atoms with E-state index in [0.29, 0.717) is 11.1 Å². The predicted octanol–water partition coefficient (Wildman–Crippen LogP) is 2.54. The molecule has 6 heteroatoms. The minimum absolute atomic E-state index is 0.0553. The number of hydrogen-bond donors (Lipinski definition) is 1. The van der Waals surface area contributed by atoms with Crippen molar-refractivity contribution in [1.29, 1.82) is 0 Å². The lowest BCUT2D eigenvalue weighted by atomic mass is 10.00. The van der Waals surface area contributed by atoms with Crippen LogP contribution in [0.2, 0.25) is 0 Å². The summed E-state index contributed by atoms with van der Waals surface area (Å²) in [6.45, 7) is 1.81. The van der Waals surface area contributed by atoms with Crippen LogP contribution < -0.4 is 0 Å². The van der Waals surface area contributed by atoms with Gasteiger partial charge in [-0.25, -0.2) is 18.7 Å². The second kappa shape index (κ2) is 4.41. The van der Waals surface area contributed by atoms with E-state index in [4.69, 9.17) is 0 Å². The van der Waals surface area contributed by atoms with E-state index < -0.39 is 5.97 Å². The molecular formula is C14H10FN3O2. The molecule has 2 heterocycles. The summed E-state index contributed by atoms with van der Waals surface area (Å²) in [6, 6.07) is 7.39. The molecule has 0 unspecified atom stereocenters. The third kappa shape index (κ3) is 1.82. The normalized spacial score (nSPS) is 10.9. The van der Waals surface area contributed by atoms with E-state index in [1.807, 2.05) is 0 Å². The van der Waals surface area contributed by atoms with Crippen LogP contribution in [0.3, 0.4) is 0 Å². The highest BCUT2D eigenvalue weighted by Gasteiger charge is 2.19. The topological polar surface area (TPSA) is 67.5 Å². The Balaban J connectivity index is 2.36. The van der Waals surface area contributed by atoms with Crippen molar-refractivity contribution in [3.63, 3.8) is 0 Å². The summed E-state index contributed by atoms with van der Waals surface area (Å²) >= 11 is 0. The zero-order valence-electron chi connectivity index (χ0n) is 10.5. The number of fused-ring (bicyclic) bond motifs is 1. The lowest BCUT2D eigenvalue weighted by Gasteiger charge is -2.09. The lowest BCUT2D eigenvalue weighted by Crippen LogP contribution is -2.06. The first-order valence-electron chi connectivity index (χ1n) is 5.90. The minimum Gasteiger partial charge on any atom is -0.478 e. The Morgan fingerprint density at radius 3 is 2.65 bits per heavy atom. The van der Waals surface area contributed by atoms with E-state index in [-0.39, 0.29) is 17.0 Å². The Morgan fingerprint density at radius 2 is 2.00 bits per heavy atom. The average molecular weight is 271 g/mol. The highest BCUT2D eigenvalue weighted by Crippen LogP contribution is 2.27. The first-order chi connectivity index (χ1) is 9.58. The zero-order chi connectivity index (χ0) is 14.3. The molecule has 0 aliphatic heterocycles. The van der Waals surface area contributed by atoms with Gasteiger partial charge in [-0.2, -0.15) is 5.10 Å². The molecule has 100 valence electrons. The Kier molecular flexibility index (Phi) is 2.71. The van der Waals surface area contributed by atoms with Crippen LogP contribution in [-0.4, -0.2) is 25.7 Å². The highest BCUT2D eigenvalue weighted by molar-refractivity contribution is 6.02. The third-order valence-corrected chi connectivity index (χ3v) is 3.10. The van der Waals surface area contributed by atoms with Gasteiger partial charge in [0.05, 0.1) is 0 Å². The fourth-order valence-electron chi connectivity index (χ4n) is 2.20. The van der Waals surface area contributed by atoms with E-state index in [2.05, 4.69) is 10.1 Å². The molecule has 20 heavy (non-hydrogen) atoms. The SMILES string of the molecule is Cc1cc(-c2ccc(F)cc2)c(C(=O)O)c2ncnn12. The van der Waals surface area contributed by atoms with Gasteiger partial charge in [-0.3, -0.25) is 0 Å². The second-order valence-corrected chi connectivity index (χ2v) is 4.38. The number of hydrogen-bond acceptors (Lipinski definition) is 3. The maximum atomic E-state index is 13.0. The van der Waals surface area contributed by atoms with Gasteiger partial charge in [-0.15, -0.1) is 0 Å². The molecule has 0 radical (unpaired) electrons. The molecule has 0 fully saturated rings. The molecule has 0 aliphatic carbocycles. The Bertz CT molecular complexity index is 809. The molecule has 5 nitrogen and oxygen atoms in total.